The molecule has 9 heteroatoms. The second kappa shape index (κ2) is 10.2. The topological polar surface area (TPSA) is 52.0 Å². The van der Waals surface area contributed by atoms with Crippen LogP contribution in [0.2, 0.25) is 10.0 Å². The second-order valence-electron chi connectivity index (χ2n) is 8.59. The predicted octanol–water partition coefficient (Wildman–Crippen LogP) is 1.57. The molecule has 6 nitrogen and oxygen atoms in total. The normalized spacial score (nSPS) is 20.0. The molecule has 172 valence electrons. The molecule has 0 atom stereocenters. The van der Waals surface area contributed by atoms with E-state index in [9.17, 15) is 0 Å². The number of thioether (sulfide) groups is 1. The highest BCUT2D eigenvalue weighted by atomic mass is 35.5. The largest absolute Gasteiger partial charge is 0.325 e. The van der Waals surface area contributed by atoms with Gasteiger partial charge in [0.15, 0.2) is 11.6 Å². The zero-order chi connectivity index (χ0) is 22.8. The third kappa shape index (κ3) is 4.84. The van der Waals surface area contributed by atoms with Crippen molar-refractivity contribution in [2.75, 3.05) is 44.7 Å². The fraction of sp³-hybridized carbons (Fsp3) is 0.375. The van der Waals surface area contributed by atoms with Crippen LogP contribution in [0.25, 0.3) is 5.69 Å². The van der Waals surface area contributed by atoms with Gasteiger partial charge in [-0.1, -0.05) is 41.4 Å². The first-order valence-electron chi connectivity index (χ1n) is 11.3. The molecule has 1 saturated heterocycles. The standard InChI is InChI=1S/C24H26Cl2N6S/c1-33-13-12-30-8-10-31(11-9-30)16-23-29-28-22-15-27-24(18-4-2-3-5-20(18)26)19-14-17(25)6-7-21(19)32(22)23/h2-7,14H,8-13,15-16H2,1H3/p+2. The minimum atomic E-state index is 0.446. The Hall–Kier alpha value is -1.90. The molecule has 0 spiro atoms. The number of nitrogens with zero attached hydrogens (tertiary/aromatic N) is 4. The molecule has 0 aliphatic carbocycles. The first-order valence-corrected chi connectivity index (χ1v) is 13.5. The van der Waals surface area contributed by atoms with Crippen LogP contribution in [0.3, 0.4) is 0 Å². The Bertz CT molecular complexity index is 1170. The number of quaternary nitrogens is 2. The molecule has 1 aromatic heterocycles. The molecule has 0 unspecified atom stereocenters. The van der Waals surface area contributed by atoms with E-state index in [0.717, 1.165) is 53.8 Å². The quantitative estimate of drug-likeness (QED) is 0.537. The molecule has 3 heterocycles. The lowest BCUT2D eigenvalue weighted by molar-refractivity contribution is -1.02. The lowest BCUT2D eigenvalue weighted by atomic mass is 10.0. The number of hydrogen-bond acceptors (Lipinski definition) is 4. The maximum atomic E-state index is 6.55. The van der Waals surface area contributed by atoms with E-state index in [0.29, 0.717) is 16.6 Å². The maximum absolute atomic E-state index is 6.55. The molecule has 0 bridgehead atoms. The predicted molar refractivity (Wildman–Crippen MR) is 136 cm³/mol. The lowest BCUT2D eigenvalue weighted by Crippen LogP contribution is -3.27. The van der Waals surface area contributed by atoms with Crippen molar-refractivity contribution in [3.05, 3.63) is 75.3 Å². The number of aromatic nitrogens is 3. The Morgan fingerprint density at radius 3 is 2.55 bits per heavy atom. The number of hydrogen-bond donors (Lipinski definition) is 2. The van der Waals surface area contributed by atoms with E-state index in [1.165, 1.54) is 25.4 Å². The first-order chi connectivity index (χ1) is 16.1. The van der Waals surface area contributed by atoms with Gasteiger partial charge >= 0.3 is 0 Å². The molecule has 2 N–H and O–H groups in total. The van der Waals surface area contributed by atoms with Crippen LogP contribution >= 0.6 is 35.0 Å². The van der Waals surface area contributed by atoms with Crippen molar-refractivity contribution in [1.82, 2.24) is 14.8 Å². The van der Waals surface area contributed by atoms with E-state index in [1.807, 2.05) is 54.2 Å². The number of aliphatic imine (C=N–C) groups is 1. The maximum Gasteiger partial charge on any atom is 0.192 e. The number of benzene rings is 2. The monoisotopic (exact) mass is 502 g/mol. The molecule has 2 aliphatic rings. The van der Waals surface area contributed by atoms with Crippen molar-refractivity contribution < 1.29 is 9.80 Å². The molecule has 3 aromatic rings. The number of fused-ring (bicyclic) bond motifs is 3. The summed E-state index contributed by atoms with van der Waals surface area (Å²) in [5, 5.41) is 10.5. The third-order valence-corrected chi connectivity index (χ3v) is 7.67. The Balaban J connectivity index is 1.45. The van der Waals surface area contributed by atoms with Gasteiger partial charge in [-0.05, 0) is 30.5 Å². The van der Waals surface area contributed by atoms with Crippen LogP contribution < -0.4 is 9.80 Å². The van der Waals surface area contributed by atoms with Gasteiger partial charge in [0.2, 0.25) is 0 Å². The fourth-order valence-electron chi connectivity index (χ4n) is 4.71. The highest BCUT2D eigenvalue weighted by Gasteiger charge is 2.28. The summed E-state index contributed by atoms with van der Waals surface area (Å²) in [4.78, 5) is 8.19. The van der Waals surface area contributed by atoms with Crippen LogP contribution in [0.1, 0.15) is 22.8 Å². The molecule has 0 saturated carbocycles. The first kappa shape index (κ1) is 22.9. The van der Waals surface area contributed by atoms with Crippen molar-refractivity contribution in [2.45, 2.75) is 13.1 Å². The summed E-state index contributed by atoms with van der Waals surface area (Å²) in [7, 11) is 0. The van der Waals surface area contributed by atoms with Crippen molar-refractivity contribution >= 4 is 40.7 Å². The van der Waals surface area contributed by atoms with Gasteiger partial charge in [0.25, 0.3) is 0 Å². The average Bonchev–Trinajstić information content (AvgIpc) is 3.14. The molecule has 1 fully saturated rings. The van der Waals surface area contributed by atoms with Crippen LogP contribution in [-0.2, 0) is 13.1 Å². The van der Waals surface area contributed by atoms with E-state index in [1.54, 1.807) is 9.80 Å². The second-order valence-corrected chi connectivity index (χ2v) is 10.4. The Morgan fingerprint density at radius 1 is 0.970 bits per heavy atom. The zero-order valence-electron chi connectivity index (χ0n) is 18.7. The van der Waals surface area contributed by atoms with E-state index in [-0.39, 0.29) is 0 Å². The van der Waals surface area contributed by atoms with Crippen LogP contribution in [-0.4, -0.2) is 65.2 Å². The van der Waals surface area contributed by atoms with Crippen molar-refractivity contribution in [3.63, 3.8) is 0 Å². The van der Waals surface area contributed by atoms with Gasteiger partial charge in [0.1, 0.15) is 39.3 Å². The minimum absolute atomic E-state index is 0.446. The van der Waals surface area contributed by atoms with E-state index in [2.05, 4.69) is 21.0 Å². The van der Waals surface area contributed by atoms with E-state index in [4.69, 9.17) is 28.2 Å². The molecule has 5 rings (SSSR count). The lowest BCUT2D eigenvalue weighted by Gasteiger charge is -2.29. The number of nitrogens with one attached hydrogen (secondary N) is 2. The third-order valence-electron chi connectivity index (χ3n) is 6.49. The zero-order valence-corrected chi connectivity index (χ0v) is 21.0. The number of piperazine rings is 1. The van der Waals surface area contributed by atoms with Gasteiger partial charge in [-0.2, -0.15) is 11.8 Å². The van der Waals surface area contributed by atoms with Crippen LogP contribution in [0.5, 0.6) is 0 Å². The average molecular weight is 504 g/mol. The van der Waals surface area contributed by atoms with Gasteiger partial charge in [0.05, 0.1) is 17.9 Å². The summed E-state index contributed by atoms with van der Waals surface area (Å²) in [6, 6.07) is 13.7. The number of halogens is 2. The molecule has 0 amide bonds. The van der Waals surface area contributed by atoms with Crippen molar-refractivity contribution in [2.24, 2.45) is 4.99 Å². The fourth-order valence-corrected chi connectivity index (χ4v) is 5.60. The Morgan fingerprint density at radius 2 is 1.76 bits per heavy atom. The van der Waals surface area contributed by atoms with Gasteiger partial charge in [0, 0.05) is 26.9 Å². The van der Waals surface area contributed by atoms with Crippen LogP contribution in [0.4, 0.5) is 0 Å². The van der Waals surface area contributed by atoms with Gasteiger partial charge in [-0.3, -0.25) is 9.56 Å². The highest BCUT2D eigenvalue weighted by molar-refractivity contribution is 7.98. The molecular formula is C24H28Cl2N6S+2. The Labute approximate surface area is 208 Å². The summed E-state index contributed by atoms with van der Waals surface area (Å²) in [6.07, 6.45) is 2.18. The molecule has 2 aliphatic heterocycles. The minimum Gasteiger partial charge on any atom is -0.325 e. The SMILES string of the molecule is CSCC[NH+]1CC[NH+](Cc2nnc3n2-c2ccc(Cl)cc2C(c2ccccc2Cl)=NC3)CC1. The summed E-state index contributed by atoms with van der Waals surface area (Å²) >= 11 is 14.9. The van der Waals surface area contributed by atoms with Crippen molar-refractivity contribution in [1.29, 1.82) is 0 Å². The highest BCUT2D eigenvalue weighted by Crippen LogP contribution is 2.30. The van der Waals surface area contributed by atoms with E-state index >= 15 is 0 Å². The Kier molecular flexibility index (Phi) is 7.04. The smallest absolute Gasteiger partial charge is 0.192 e. The van der Waals surface area contributed by atoms with Gasteiger partial charge < -0.3 is 9.80 Å². The molecule has 2 aromatic carbocycles. The summed E-state index contributed by atoms with van der Waals surface area (Å²) < 4.78 is 2.18. The molecular weight excluding hydrogens is 475 g/mol. The number of rotatable bonds is 6. The summed E-state index contributed by atoms with van der Waals surface area (Å²) in [5.41, 5.74) is 3.71. The van der Waals surface area contributed by atoms with Crippen LogP contribution in [0, 0.1) is 0 Å². The van der Waals surface area contributed by atoms with Gasteiger partial charge in [-0.15, -0.1) is 10.2 Å². The molecule has 0 radical (unpaired) electrons. The summed E-state index contributed by atoms with van der Waals surface area (Å²) in [5.74, 6) is 3.06. The summed E-state index contributed by atoms with van der Waals surface area (Å²) in [6.45, 7) is 7.28. The van der Waals surface area contributed by atoms with E-state index < -0.39 is 0 Å². The molecule has 33 heavy (non-hydrogen) atoms. The van der Waals surface area contributed by atoms with Crippen LogP contribution in [0.15, 0.2) is 47.5 Å². The van der Waals surface area contributed by atoms with Crippen molar-refractivity contribution in [3.8, 4) is 5.69 Å². The van der Waals surface area contributed by atoms with Gasteiger partial charge in [-0.25, -0.2) is 0 Å².